The third kappa shape index (κ3) is 6.20. The fraction of sp³-hybridized carbons (Fsp3) is 0.154. The Morgan fingerprint density at radius 3 is 2.47 bits per heavy atom. The molecule has 0 aliphatic heterocycles. The average Bonchev–Trinajstić information content (AvgIpc) is 2.83. The van der Waals surface area contributed by atoms with Crippen LogP contribution in [0.5, 0.6) is 11.5 Å². The summed E-state index contributed by atoms with van der Waals surface area (Å²) in [6, 6.07) is 20.4. The van der Waals surface area contributed by atoms with E-state index in [4.69, 9.17) is 9.47 Å². The molecule has 0 aliphatic rings. The van der Waals surface area contributed by atoms with Crippen LogP contribution in [0.1, 0.15) is 23.6 Å². The van der Waals surface area contributed by atoms with Crippen molar-refractivity contribution in [2.24, 2.45) is 0 Å². The molecule has 0 fully saturated rings. The number of hydrogen-bond acceptors (Lipinski definition) is 6. The normalized spacial score (nSPS) is 10.8. The van der Waals surface area contributed by atoms with Gasteiger partial charge < -0.3 is 14.8 Å². The highest BCUT2D eigenvalue weighted by molar-refractivity contribution is 6.10. The van der Waals surface area contributed by atoms with Crippen LogP contribution in [0.3, 0.4) is 0 Å². The summed E-state index contributed by atoms with van der Waals surface area (Å²) in [4.78, 5) is 22.9. The Morgan fingerprint density at radius 1 is 1.09 bits per heavy atom. The molecule has 0 spiro atoms. The number of amides is 1. The maximum atomic E-state index is 12.6. The molecule has 8 heteroatoms. The number of benzene rings is 3. The van der Waals surface area contributed by atoms with Crippen molar-refractivity contribution in [2.75, 3.05) is 11.9 Å². The molecule has 0 heterocycles. The van der Waals surface area contributed by atoms with E-state index in [1.54, 1.807) is 36.4 Å². The molecule has 0 aliphatic carbocycles. The van der Waals surface area contributed by atoms with Gasteiger partial charge in [0.05, 0.1) is 11.5 Å². The molecule has 1 amide bonds. The molecule has 34 heavy (non-hydrogen) atoms. The molecule has 0 aromatic heterocycles. The number of ether oxygens (including phenoxy) is 2. The smallest absolute Gasteiger partial charge is 0.269 e. The van der Waals surface area contributed by atoms with Crippen LogP contribution in [0.2, 0.25) is 0 Å². The number of anilines is 1. The van der Waals surface area contributed by atoms with Crippen molar-refractivity contribution in [3.05, 3.63) is 99.1 Å². The van der Waals surface area contributed by atoms with Crippen LogP contribution in [0.25, 0.3) is 6.08 Å². The molecule has 1 N–H and O–H groups in total. The molecule has 3 aromatic carbocycles. The number of nitrogens with one attached hydrogen (secondary N) is 1. The van der Waals surface area contributed by atoms with Gasteiger partial charge in [0.1, 0.15) is 18.2 Å². The van der Waals surface area contributed by atoms with Gasteiger partial charge in [-0.05, 0) is 66.9 Å². The molecule has 0 bridgehead atoms. The van der Waals surface area contributed by atoms with Crippen molar-refractivity contribution >= 4 is 23.4 Å². The maximum Gasteiger partial charge on any atom is 0.269 e. The molecule has 0 saturated carbocycles. The van der Waals surface area contributed by atoms with Gasteiger partial charge in [0, 0.05) is 17.8 Å². The Bertz CT molecular complexity index is 1260. The monoisotopic (exact) mass is 457 g/mol. The highest BCUT2D eigenvalue weighted by atomic mass is 16.6. The molecule has 0 unspecified atom stereocenters. The molecule has 3 aromatic rings. The van der Waals surface area contributed by atoms with E-state index >= 15 is 0 Å². The Balaban J connectivity index is 1.77. The zero-order chi connectivity index (χ0) is 24.5. The lowest BCUT2D eigenvalue weighted by Crippen LogP contribution is -2.14. The van der Waals surface area contributed by atoms with E-state index in [1.165, 1.54) is 18.2 Å². The zero-order valence-electron chi connectivity index (χ0n) is 18.8. The van der Waals surface area contributed by atoms with Crippen molar-refractivity contribution in [1.29, 1.82) is 5.26 Å². The Kier molecular flexibility index (Phi) is 7.97. The quantitative estimate of drug-likeness (QED) is 0.198. The number of aryl methyl sites for hydroxylation is 1. The first kappa shape index (κ1) is 24.0. The number of nitro groups is 1. The summed E-state index contributed by atoms with van der Waals surface area (Å²) in [5, 5.41) is 23.1. The van der Waals surface area contributed by atoms with Gasteiger partial charge in [0.25, 0.3) is 11.6 Å². The fourth-order valence-corrected chi connectivity index (χ4v) is 3.10. The number of hydrogen-bond donors (Lipinski definition) is 1. The van der Waals surface area contributed by atoms with E-state index in [2.05, 4.69) is 5.32 Å². The van der Waals surface area contributed by atoms with Gasteiger partial charge in [-0.25, -0.2) is 0 Å². The summed E-state index contributed by atoms with van der Waals surface area (Å²) >= 11 is 0. The minimum absolute atomic E-state index is 0.00894. The van der Waals surface area contributed by atoms with Crippen LogP contribution in [0.15, 0.2) is 72.3 Å². The predicted octanol–water partition coefficient (Wildman–Crippen LogP) is 5.43. The van der Waals surface area contributed by atoms with Crippen LogP contribution in [0, 0.1) is 28.4 Å². The number of nitrogens with zero attached hydrogens (tertiary/aromatic N) is 2. The number of nitro benzene ring substituents is 1. The van der Waals surface area contributed by atoms with Crippen LogP contribution >= 0.6 is 0 Å². The number of carbonyl (C=O) groups excluding carboxylic acids is 1. The topological polar surface area (TPSA) is 114 Å². The van der Waals surface area contributed by atoms with Crippen molar-refractivity contribution in [1.82, 2.24) is 0 Å². The Morgan fingerprint density at radius 2 is 1.82 bits per heavy atom. The lowest BCUT2D eigenvalue weighted by molar-refractivity contribution is -0.384. The van der Waals surface area contributed by atoms with Gasteiger partial charge in [0.2, 0.25) is 0 Å². The van der Waals surface area contributed by atoms with E-state index in [1.807, 2.05) is 38.1 Å². The number of non-ortho nitro benzene ring substituents is 1. The van der Waals surface area contributed by atoms with Crippen LogP contribution in [-0.4, -0.2) is 17.4 Å². The first-order valence-electron chi connectivity index (χ1n) is 10.5. The molecule has 172 valence electrons. The van der Waals surface area contributed by atoms with Crippen molar-refractivity contribution < 1.29 is 19.2 Å². The maximum absolute atomic E-state index is 12.6. The van der Waals surface area contributed by atoms with E-state index in [0.717, 1.165) is 11.1 Å². The second kappa shape index (κ2) is 11.3. The minimum atomic E-state index is -0.506. The molecule has 0 radical (unpaired) electrons. The second-order valence-corrected chi connectivity index (χ2v) is 7.29. The SMILES string of the molecule is CCOc1cc(/C=C(/C#N)C(=O)Nc2ccccc2C)ccc1OCc1ccc([N+](=O)[O-])cc1. The number of carbonyl (C=O) groups is 1. The lowest BCUT2D eigenvalue weighted by atomic mass is 10.1. The van der Waals surface area contributed by atoms with Crippen molar-refractivity contribution in [3.63, 3.8) is 0 Å². The second-order valence-electron chi connectivity index (χ2n) is 7.29. The fourth-order valence-electron chi connectivity index (χ4n) is 3.10. The van der Waals surface area contributed by atoms with Crippen LogP contribution in [0.4, 0.5) is 11.4 Å². The van der Waals surface area contributed by atoms with E-state index in [9.17, 15) is 20.2 Å². The van der Waals surface area contributed by atoms with Crippen LogP contribution < -0.4 is 14.8 Å². The summed E-state index contributed by atoms with van der Waals surface area (Å²) in [5.74, 6) is 0.420. The summed E-state index contributed by atoms with van der Waals surface area (Å²) in [6.07, 6.45) is 1.48. The van der Waals surface area contributed by atoms with E-state index < -0.39 is 10.8 Å². The minimum Gasteiger partial charge on any atom is -0.490 e. The molecule has 8 nitrogen and oxygen atoms in total. The number of para-hydroxylation sites is 1. The summed E-state index contributed by atoms with van der Waals surface area (Å²) in [5.41, 5.74) is 2.85. The molecule has 0 atom stereocenters. The van der Waals surface area contributed by atoms with E-state index in [0.29, 0.717) is 29.4 Å². The Hall–Kier alpha value is -4.64. The molecular weight excluding hydrogens is 434 g/mol. The standard InChI is InChI=1S/C26H23N3O5/c1-3-33-25-15-20(14-21(16-27)26(30)28-23-7-5-4-6-18(23)2)10-13-24(25)34-17-19-8-11-22(12-9-19)29(31)32/h4-15H,3,17H2,1-2H3,(H,28,30)/b21-14-. The first-order valence-corrected chi connectivity index (χ1v) is 10.5. The number of rotatable bonds is 9. The highest BCUT2D eigenvalue weighted by Crippen LogP contribution is 2.30. The van der Waals surface area contributed by atoms with Crippen LogP contribution in [-0.2, 0) is 11.4 Å². The first-order chi connectivity index (χ1) is 16.4. The van der Waals surface area contributed by atoms with Gasteiger partial charge in [0.15, 0.2) is 11.5 Å². The molecule has 0 saturated heterocycles. The largest absolute Gasteiger partial charge is 0.490 e. The van der Waals surface area contributed by atoms with E-state index in [-0.39, 0.29) is 17.9 Å². The van der Waals surface area contributed by atoms with Gasteiger partial charge in [-0.2, -0.15) is 5.26 Å². The Labute approximate surface area is 197 Å². The van der Waals surface area contributed by atoms with Gasteiger partial charge in [-0.15, -0.1) is 0 Å². The summed E-state index contributed by atoms with van der Waals surface area (Å²) < 4.78 is 11.5. The third-order valence-corrected chi connectivity index (χ3v) is 4.88. The van der Waals surface area contributed by atoms with Crippen molar-refractivity contribution in [2.45, 2.75) is 20.5 Å². The zero-order valence-corrected chi connectivity index (χ0v) is 18.8. The lowest BCUT2D eigenvalue weighted by Gasteiger charge is -2.13. The third-order valence-electron chi connectivity index (χ3n) is 4.88. The highest BCUT2D eigenvalue weighted by Gasteiger charge is 2.13. The molecule has 3 rings (SSSR count). The van der Waals surface area contributed by atoms with Gasteiger partial charge >= 0.3 is 0 Å². The molecular formula is C26H23N3O5. The average molecular weight is 457 g/mol. The number of nitriles is 1. The van der Waals surface area contributed by atoms with Gasteiger partial charge in [-0.3, -0.25) is 14.9 Å². The summed E-state index contributed by atoms with van der Waals surface area (Å²) in [6.45, 7) is 4.28. The van der Waals surface area contributed by atoms with Crippen molar-refractivity contribution in [3.8, 4) is 17.6 Å². The van der Waals surface area contributed by atoms with Gasteiger partial charge in [-0.1, -0.05) is 24.3 Å². The summed E-state index contributed by atoms with van der Waals surface area (Å²) in [7, 11) is 0. The predicted molar refractivity (Wildman–Crippen MR) is 128 cm³/mol.